The largest absolute Gasteiger partial charge is 0.497 e. The normalized spacial score (nSPS) is 12.4. The predicted octanol–water partition coefficient (Wildman–Crippen LogP) is 2.03. The highest BCUT2D eigenvalue weighted by atomic mass is 16.5. The van der Waals surface area contributed by atoms with Crippen LogP contribution in [0, 0.1) is 0 Å². The Hall–Kier alpha value is -1.06. The standard InChI is InChI=1S/C13H20O3/c1-15-10-12(14)5-3-4-11-6-8-13(16-2)9-7-11/h6-9,12,14H,3-5,10H2,1-2H3. The van der Waals surface area contributed by atoms with E-state index in [0.29, 0.717) is 6.61 Å². The van der Waals surface area contributed by atoms with E-state index in [9.17, 15) is 5.11 Å². The molecule has 0 radical (unpaired) electrons. The van der Waals surface area contributed by atoms with Gasteiger partial charge in [0.15, 0.2) is 0 Å². The minimum atomic E-state index is -0.344. The summed E-state index contributed by atoms with van der Waals surface area (Å²) in [5.74, 6) is 0.878. The van der Waals surface area contributed by atoms with Crippen molar-refractivity contribution in [1.82, 2.24) is 0 Å². The van der Waals surface area contributed by atoms with Gasteiger partial charge in [0.1, 0.15) is 5.75 Å². The number of hydrogen-bond acceptors (Lipinski definition) is 3. The molecule has 0 amide bonds. The van der Waals surface area contributed by atoms with Crippen molar-refractivity contribution in [1.29, 1.82) is 0 Å². The maximum absolute atomic E-state index is 9.46. The van der Waals surface area contributed by atoms with E-state index < -0.39 is 0 Å². The number of methoxy groups -OCH3 is 2. The van der Waals surface area contributed by atoms with Crippen LogP contribution in [0.4, 0.5) is 0 Å². The Balaban J connectivity index is 2.26. The zero-order valence-electron chi connectivity index (χ0n) is 9.98. The fraction of sp³-hybridized carbons (Fsp3) is 0.538. The number of ether oxygens (including phenoxy) is 2. The molecule has 3 nitrogen and oxygen atoms in total. The maximum Gasteiger partial charge on any atom is 0.118 e. The first-order valence-electron chi connectivity index (χ1n) is 5.56. The quantitative estimate of drug-likeness (QED) is 0.770. The Morgan fingerprint density at radius 3 is 2.44 bits per heavy atom. The molecule has 0 spiro atoms. The van der Waals surface area contributed by atoms with Gasteiger partial charge in [0, 0.05) is 7.11 Å². The van der Waals surface area contributed by atoms with Gasteiger partial charge in [-0.2, -0.15) is 0 Å². The van der Waals surface area contributed by atoms with Gasteiger partial charge in [0.25, 0.3) is 0 Å². The number of aryl methyl sites for hydroxylation is 1. The summed E-state index contributed by atoms with van der Waals surface area (Å²) >= 11 is 0. The van der Waals surface area contributed by atoms with E-state index in [1.165, 1.54) is 5.56 Å². The Labute approximate surface area is 97.0 Å². The van der Waals surface area contributed by atoms with Gasteiger partial charge in [-0.1, -0.05) is 12.1 Å². The van der Waals surface area contributed by atoms with Gasteiger partial charge < -0.3 is 14.6 Å². The maximum atomic E-state index is 9.46. The summed E-state index contributed by atoms with van der Waals surface area (Å²) in [6.07, 6.45) is 2.38. The van der Waals surface area contributed by atoms with Crippen molar-refractivity contribution in [3.05, 3.63) is 29.8 Å². The van der Waals surface area contributed by atoms with E-state index in [1.54, 1.807) is 14.2 Å². The van der Waals surface area contributed by atoms with E-state index in [0.717, 1.165) is 25.0 Å². The molecule has 0 aliphatic heterocycles. The highest BCUT2D eigenvalue weighted by molar-refractivity contribution is 5.27. The highest BCUT2D eigenvalue weighted by Gasteiger charge is 2.03. The van der Waals surface area contributed by atoms with Crippen LogP contribution in [0.25, 0.3) is 0 Å². The molecule has 1 N–H and O–H groups in total. The summed E-state index contributed by atoms with van der Waals surface area (Å²) in [5.41, 5.74) is 1.27. The summed E-state index contributed by atoms with van der Waals surface area (Å²) < 4.78 is 9.96. The van der Waals surface area contributed by atoms with E-state index in [2.05, 4.69) is 12.1 Å². The fourth-order valence-corrected chi connectivity index (χ4v) is 1.61. The molecule has 1 aromatic rings. The Kier molecular flexibility index (Phi) is 5.90. The second-order valence-corrected chi connectivity index (χ2v) is 3.85. The van der Waals surface area contributed by atoms with E-state index in [-0.39, 0.29) is 6.10 Å². The van der Waals surface area contributed by atoms with Crippen LogP contribution >= 0.6 is 0 Å². The smallest absolute Gasteiger partial charge is 0.118 e. The third-order valence-electron chi connectivity index (χ3n) is 2.52. The average molecular weight is 224 g/mol. The molecule has 0 saturated carbocycles. The SMILES string of the molecule is COCC(O)CCCc1ccc(OC)cc1. The molecule has 0 aromatic heterocycles. The molecule has 90 valence electrons. The van der Waals surface area contributed by atoms with Gasteiger partial charge in [0.05, 0.1) is 19.8 Å². The molecule has 3 heteroatoms. The predicted molar refractivity (Wildman–Crippen MR) is 63.8 cm³/mol. The minimum absolute atomic E-state index is 0.344. The molecular weight excluding hydrogens is 204 g/mol. The Morgan fingerprint density at radius 1 is 1.19 bits per heavy atom. The van der Waals surface area contributed by atoms with Crippen molar-refractivity contribution in [2.45, 2.75) is 25.4 Å². The van der Waals surface area contributed by atoms with Crippen molar-refractivity contribution in [3.63, 3.8) is 0 Å². The lowest BCUT2D eigenvalue weighted by molar-refractivity contribution is 0.0581. The Bertz CT molecular complexity index is 282. The molecule has 0 saturated heterocycles. The molecule has 0 bridgehead atoms. The average Bonchev–Trinajstić information content (AvgIpc) is 2.30. The van der Waals surface area contributed by atoms with Crippen molar-refractivity contribution < 1.29 is 14.6 Å². The van der Waals surface area contributed by atoms with Gasteiger partial charge in [-0.15, -0.1) is 0 Å². The second kappa shape index (κ2) is 7.25. The molecule has 1 rings (SSSR count). The van der Waals surface area contributed by atoms with Crippen LogP contribution < -0.4 is 4.74 Å². The van der Waals surface area contributed by atoms with E-state index in [4.69, 9.17) is 9.47 Å². The topological polar surface area (TPSA) is 38.7 Å². The molecule has 0 aliphatic rings. The van der Waals surface area contributed by atoms with Crippen LogP contribution in [0.3, 0.4) is 0 Å². The number of aliphatic hydroxyl groups excluding tert-OH is 1. The van der Waals surface area contributed by atoms with Crippen LogP contribution in [0.1, 0.15) is 18.4 Å². The molecule has 0 aliphatic carbocycles. The van der Waals surface area contributed by atoms with Gasteiger partial charge in [0.2, 0.25) is 0 Å². The zero-order valence-corrected chi connectivity index (χ0v) is 9.98. The first-order chi connectivity index (χ1) is 7.76. The van der Waals surface area contributed by atoms with Crippen LogP contribution in [0.15, 0.2) is 24.3 Å². The number of benzene rings is 1. The first-order valence-corrected chi connectivity index (χ1v) is 5.56. The number of rotatable bonds is 7. The number of hydrogen-bond donors (Lipinski definition) is 1. The van der Waals surface area contributed by atoms with E-state index in [1.807, 2.05) is 12.1 Å². The zero-order chi connectivity index (χ0) is 11.8. The third-order valence-corrected chi connectivity index (χ3v) is 2.52. The van der Waals surface area contributed by atoms with Gasteiger partial charge >= 0.3 is 0 Å². The van der Waals surface area contributed by atoms with Crippen LogP contribution in [-0.2, 0) is 11.2 Å². The Morgan fingerprint density at radius 2 is 1.88 bits per heavy atom. The van der Waals surface area contributed by atoms with Gasteiger partial charge in [-0.3, -0.25) is 0 Å². The van der Waals surface area contributed by atoms with Crippen molar-refractivity contribution in [3.8, 4) is 5.75 Å². The molecule has 1 unspecified atom stereocenters. The van der Waals surface area contributed by atoms with E-state index >= 15 is 0 Å². The lowest BCUT2D eigenvalue weighted by atomic mass is 10.1. The van der Waals surface area contributed by atoms with Crippen molar-refractivity contribution in [2.75, 3.05) is 20.8 Å². The summed E-state index contributed by atoms with van der Waals surface area (Å²) in [6, 6.07) is 8.03. The van der Waals surface area contributed by atoms with Crippen LogP contribution in [0.5, 0.6) is 5.75 Å². The monoisotopic (exact) mass is 224 g/mol. The second-order valence-electron chi connectivity index (χ2n) is 3.85. The molecular formula is C13H20O3. The summed E-state index contributed by atoms with van der Waals surface area (Å²) in [4.78, 5) is 0. The van der Waals surface area contributed by atoms with Gasteiger partial charge in [-0.05, 0) is 37.0 Å². The van der Waals surface area contributed by atoms with Crippen molar-refractivity contribution in [2.24, 2.45) is 0 Å². The van der Waals surface area contributed by atoms with Crippen LogP contribution in [-0.4, -0.2) is 32.0 Å². The van der Waals surface area contributed by atoms with Crippen molar-refractivity contribution >= 4 is 0 Å². The van der Waals surface area contributed by atoms with Crippen LogP contribution in [0.2, 0.25) is 0 Å². The molecule has 0 heterocycles. The summed E-state index contributed by atoms with van der Waals surface area (Å²) in [6.45, 7) is 0.419. The lowest BCUT2D eigenvalue weighted by Crippen LogP contribution is -2.13. The molecule has 1 atom stereocenters. The lowest BCUT2D eigenvalue weighted by Gasteiger charge is -2.09. The summed E-state index contributed by atoms with van der Waals surface area (Å²) in [7, 11) is 3.27. The number of aliphatic hydroxyl groups is 1. The first kappa shape index (κ1) is 13.0. The summed E-state index contributed by atoms with van der Waals surface area (Å²) in [5, 5.41) is 9.46. The third kappa shape index (κ3) is 4.64. The fourth-order valence-electron chi connectivity index (χ4n) is 1.61. The molecule has 1 aromatic carbocycles. The van der Waals surface area contributed by atoms with Gasteiger partial charge in [-0.25, -0.2) is 0 Å². The molecule has 0 fully saturated rings. The molecule has 16 heavy (non-hydrogen) atoms. The highest BCUT2D eigenvalue weighted by Crippen LogP contribution is 2.13. The minimum Gasteiger partial charge on any atom is -0.497 e.